The van der Waals surface area contributed by atoms with Gasteiger partial charge < -0.3 is 10.1 Å². The van der Waals surface area contributed by atoms with E-state index in [2.05, 4.69) is 5.32 Å². The fourth-order valence-electron chi connectivity index (χ4n) is 3.91. The Labute approximate surface area is 174 Å². The molecule has 0 bridgehead atoms. The topological polar surface area (TPSA) is 68.3 Å². The number of hydrogen-bond acceptors (Lipinski definition) is 4. The molecule has 154 valence electrons. The lowest BCUT2D eigenvalue weighted by Crippen LogP contribution is -2.22. The maximum Gasteiger partial charge on any atom is 0.339 e. The van der Waals surface area contributed by atoms with Gasteiger partial charge in [-0.2, -0.15) is 0 Å². The van der Waals surface area contributed by atoms with Crippen LogP contribution in [0.5, 0.6) is 0 Å². The first-order chi connectivity index (χ1) is 14.6. The zero-order chi connectivity index (χ0) is 20.9. The standard InChI is InChI=1S/C24H23FN2O3/c25-18-11-6-8-14-21(18)27-22(28)15-30-24(29)23-16-9-3-1-2-4-12-19(16)26-20-13-7-5-10-17(20)23/h5-8,10-11,13-14H,1-4,9,12,15H2,(H,27,28). The van der Waals surface area contributed by atoms with Gasteiger partial charge in [0.25, 0.3) is 5.91 Å². The van der Waals surface area contributed by atoms with Gasteiger partial charge in [0.15, 0.2) is 6.61 Å². The van der Waals surface area contributed by atoms with Crippen LogP contribution in [-0.4, -0.2) is 23.5 Å². The smallest absolute Gasteiger partial charge is 0.339 e. The predicted molar refractivity (Wildman–Crippen MR) is 113 cm³/mol. The van der Waals surface area contributed by atoms with Crippen LogP contribution in [0.1, 0.15) is 47.3 Å². The van der Waals surface area contributed by atoms with Crippen LogP contribution in [0.25, 0.3) is 10.9 Å². The Balaban J connectivity index is 1.58. The first-order valence-corrected chi connectivity index (χ1v) is 10.3. The number of aromatic nitrogens is 1. The van der Waals surface area contributed by atoms with Gasteiger partial charge in [0, 0.05) is 11.1 Å². The summed E-state index contributed by atoms with van der Waals surface area (Å²) in [7, 11) is 0. The van der Waals surface area contributed by atoms with Crippen molar-refractivity contribution in [3.8, 4) is 0 Å². The molecule has 0 unspecified atom stereocenters. The van der Waals surface area contributed by atoms with Crippen molar-refractivity contribution < 1.29 is 18.7 Å². The number of rotatable bonds is 4. The molecule has 3 aromatic rings. The van der Waals surface area contributed by atoms with Gasteiger partial charge >= 0.3 is 5.97 Å². The molecule has 0 atom stereocenters. The highest BCUT2D eigenvalue weighted by Gasteiger charge is 2.23. The second-order valence-corrected chi connectivity index (χ2v) is 7.45. The number of halogens is 1. The Kier molecular flexibility index (Phi) is 6.02. The molecule has 30 heavy (non-hydrogen) atoms. The lowest BCUT2D eigenvalue weighted by molar-refractivity contribution is -0.119. The number of para-hydroxylation sites is 2. The minimum absolute atomic E-state index is 0.0537. The van der Waals surface area contributed by atoms with E-state index < -0.39 is 24.3 Å². The molecule has 0 spiro atoms. The van der Waals surface area contributed by atoms with Crippen molar-refractivity contribution >= 4 is 28.5 Å². The van der Waals surface area contributed by atoms with Gasteiger partial charge in [-0.3, -0.25) is 9.78 Å². The number of carbonyl (C=O) groups excluding carboxylic acids is 2. The molecule has 0 fully saturated rings. The normalized spacial score (nSPS) is 13.8. The Morgan fingerprint density at radius 1 is 0.967 bits per heavy atom. The molecule has 2 aromatic carbocycles. The van der Waals surface area contributed by atoms with Crippen molar-refractivity contribution in [3.63, 3.8) is 0 Å². The summed E-state index contributed by atoms with van der Waals surface area (Å²) in [5.74, 6) is -1.68. The molecule has 1 aromatic heterocycles. The second kappa shape index (κ2) is 9.03. The molecule has 0 radical (unpaired) electrons. The van der Waals surface area contributed by atoms with Crippen molar-refractivity contribution in [3.05, 3.63) is 71.2 Å². The molecule has 1 amide bonds. The summed E-state index contributed by atoms with van der Waals surface area (Å²) in [6.07, 6.45) is 5.89. The molecular weight excluding hydrogens is 383 g/mol. The third-order valence-electron chi connectivity index (χ3n) is 5.36. The number of fused-ring (bicyclic) bond motifs is 2. The molecule has 4 rings (SSSR count). The van der Waals surface area contributed by atoms with Crippen LogP contribution in [0.15, 0.2) is 48.5 Å². The summed E-state index contributed by atoms with van der Waals surface area (Å²) in [5, 5.41) is 3.16. The van der Waals surface area contributed by atoms with Crippen LogP contribution in [0.3, 0.4) is 0 Å². The second-order valence-electron chi connectivity index (χ2n) is 7.45. The highest BCUT2D eigenvalue weighted by atomic mass is 19.1. The Morgan fingerprint density at radius 3 is 2.53 bits per heavy atom. The van der Waals surface area contributed by atoms with E-state index in [1.165, 1.54) is 18.2 Å². The molecule has 1 N–H and O–H groups in total. The van der Waals surface area contributed by atoms with E-state index in [1.54, 1.807) is 6.07 Å². The van der Waals surface area contributed by atoms with Gasteiger partial charge in [-0.25, -0.2) is 9.18 Å². The maximum atomic E-state index is 13.7. The number of ether oxygens (including phenoxy) is 1. The minimum Gasteiger partial charge on any atom is -0.452 e. The summed E-state index contributed by atoms with van der Waals surface area (Å²) in [5.41, 5.74) is 3.16. The molecular formula is C24H23FN2O3. The third-order valence-corrected chi connectivity index (χ3v) is 5.36. The zero-order valence-corrected chi connectivity index (χ0v) is 16.6. The lowest BCUT2D eigenvalue weighted by atomic mass is 9.91. The largest absolute Gasteiger partial charge is 0.452 e. The predicted octanol–water partition coefficient (Wildman–Crippen LogP) is 4.83. The fourth-order valence-corrected chi connectivity index (χ4v) is 3.91. The van der Waals surface area contributed by atoms with E-state index in [-0.39, 0.29) is 5.69 Å². The summed E-state index contributed by atoms with van der Waals surface area (Å²) in [6, 6.07) is 13.4. The van der Waals surface area contributed by atoms with E-state index >= 15 is 0 Å². The van der Waals surface area contributed by atoms with E-state index in [4.69, 9.17) is 9.72 Å². The van der Waals surface area contributed by atoms with Crippen LogP contribution in [-0.2, 0) is 22.4 Å². The van der Waals surface area contributed by atoms with E-state index in [0.29, 0.717) is 5.56 Å². The number of carbonyl (C=O) groups is 2. The number of nitrogens with one attached hydrogen (secondary N) is 1. The zero-order valence-electron chi connectivity index (χ0n) is 16.6. The fraction of sp³-hybridized carbons (Fsp3) is 0.292. The number of pyridine rings is 1. The molecule has 5 nitrogen and oxygen atoms in total. The van der Waals surface area contributed by atoms with Crippen LogP contribution in [0.4, 0.5) is 10.1 Å². The average molecular weight is 406 g/mol. The summed E-state index contributed by atoms with van der Waals surface area (Å²) < 4.78 is 19.1. The molecule has 0 saturated carbocycles. The van der Waals surface area contributed by atoms with Gasteiger partial charge in [0.1, 0.15) is 5.82 Å². The number of amides is 1. The summed E-state index contributed by atoms with van der Waals surface area (Å²) in [4.78, 5) is 30.0. The van der Waals surface area contributed by atoms with Crippen LogP contribution >= 0.6 is 0 Å². The quantitative estimate of drug-likeness (QED) is 0.630. The molecule has 1 aliphatic carbocycles. The van der Waals surface area contributed by atoms with Crippen molar-refractivity contribution in [1.82, 2.24) is 4.98 Å². The first-order valence-electron chi connectivity index (χ1n) is 10.3. The van der Waals surface area contributed by atoms with Gasteiger partial charge in [-0.15, -0.1) is 0 Å². The molecule has 6 heteroatoms. The lowest BCUT2D eigenvalue weighted by Gasteiger charge is -2.18. The Hall–Kier alpha value is -3.28. The van der Waals surface area contributed by atoms with E-state index in [0.717, 1.165) is 60.7 Å². The summed E-state index contributed by atoms with van der Waals surface area (Å²) in [6.45, 7) is -0.488. The maximum absolute atomic E-state index is 13.7. The first kappa shape index (κ1) is 20.0. The minimum atomic E-state index is -0.588. The van der Waals surface area contributed by atoms with Crippen molar-refractivity contribution in [1.29, 1.82) is 0 Å². The summed E-state index contributed by atoms with van der Waals surface area (Å²) >= 11 is 0. The van der Waals surface area contributed by atoms with Gasteiger partial charge in [0.2, 0.25) is 0 Å². The number of nitrogens with zero attached hydrogens (tertiary/aromatic N) is 1. The number of anilines is 1. The Morgan fingerprint density at radius 2 is 1.70 bits per heavy atom. The number of hydrogen-bond donors (Lipinski definition) is 1. The van der Waals surface area contributed by atoms with E-state index in [1.807, 2.05) is 24.3 Å². The number of esters is 1. The highest BCUT2D eigenvalue weighted by molar-refractivity contribution is 6.06. The van der Waals surface area contributed by atoms with Gasteiger partial charge in [-0.1, -0.05) is 43.2 Å². The average Bonchev–Trinajstić information content (AvgIpc) is 2.73. The van der Waals surface area contributed by atoms with Gasteiger partial charge in [-0.05, 0) is 49.4 Å². The number of benzene rings is 2. The Bertz CT molecular complexity index is 1100. The third kappa shape index (κ3) is 4.32. The van der Waals surface area contributed by atoms with Crippen molar-refractivity contribution in [2.75, 3.05) is 11.9 Å². The van der Waals surface area contributed by atoms with Crippen LogP contribution < -0.4 is 5.32 Å². The van der Waals surface area contributed by atoms with Crippen LogP contribution in [0.2, 0.25) is 0 Å². The van der Waals surface area contributed by atoms with E-state index in [9.17, 15) is 14.0 Å². The molecule has 1 heterocycles. The van der Waals surface area contributed by atoms with Crippen molar-refractivity contribution in [2.45, 2.75) is 38.5 Å². The molecule has 0 aliphatic heterocycles. The van der Waals surface area contributed by atoms with Gasteiger partial charge in [0.05, 0.1) is 16.8 Å². The monoisotopic (exact) mass is 406 g/mol. The SMILES string of the molecule is O=C(COC(=O)c1c2c(nc3ccccc13)CCCCCC2)Nc1ccccc1F. The number of aryl methyl sites for hydroxylation is 1. The highest BCUT2D eigenvalue weighted by Crippen LogP contribution is 2.29. The van der Waals surface area contributed by atoms with Crippen LogP contribution in [0, 0.1) is 5.82 Å². The molecule has 1 aliphatic rings. The van der Waals surface area contributed by atoms with Crippen molar-refractivity contribution in [2.24, 2.45) is 0 Å². The molecule has 0 saturated heterocycles.